The van der Waals surface area contributed by atoms with Crippen molar-refractivity contribution in [3.8, 4) is 0 Å². The smallest absolute Gasteiger partial charge is 0.239 e. The third-order valence-electron chi connectivity index (χ3n) is 5.91. The molecular formula is C22H23NO3. The van der Waals surface area contributed by atoms with Gasteiger partial charge in [0.05, 0.1) is 0 Å². The minimum absolute atomic E-state index is 0.0290. The molecule has 1 saturated carbocycles. The van der Waals surface area contributed by atoms with Crippen LogP contribution in [0, 0.1) is 5.41 Å². The molecule has 2 aliphatic rings. The average Bonchev–Trinajstić information content (AvgIpc) is 3.05. The molecule has 1 amide bonds. The van der Waals surface area contributed by atoms with E-state index in [-0.39, 0.29) is 17.6 Å². The van der Waals surface area contributed by atoms with Crippen LogP contribution in [-0.4, -0.2) is 27.9 Å². The number of amides is 1. The van der Waals surface area contributed by atoms with Gasteiger partial charge < -0.3 is 10.0 Å². The van der Waals surface area contributed by atoms with Crippen molar-refractivity contribution in [2.24, 2.45) is 5.41 Å². The van der Waals surface area contributed by atoms with Crippen molar-refractivity contribution < 1.29 is 14.7 Å². The van der Waals surface area contributed by atoms with Crippen LogP contribution in [0.3, 0.4) is 0 Å². The van der Waals surface area contributed by atoms with Gasteiger partial charge in [0.15, 0.2) is 0 Å². The van der Waals surface area contributed by atoms with Crippen LogP contribution in [0.1, 0.15) is 42.7 Å². The monoisotopic (exact) mass is 349 g/mol. The van der Waals surface area contributed by atoms with Gasteiger partial charge >= 0.3 is 0 Å². The Labute approximate surface area is 153 Å². The SMILES string of the molecule is O=C1CCC[C@@]12C(=O)N(Cc1ccccc1)[C@H](O)C[C@@H]2c1ccccc1. The largest absolute Gasteiger partial charge is 0.373 e. The minimum atomic E-state index is -1.02. The number of nitrogens with zero attached hydrogens (tertiary/aromatic N) is 1. The number of piperidine rings is 1. The van der Waals surface area contributed by atoms with Gasteiger partial charge in [0, 0.05) is 25.3 Å². The number of carbonyl (C=O) groups excluding carboxylic acids is 2. The molecule has 0 radical (unpaired) electrons. The fraction of sp³-hybridized carbons (Fsp3) is 0.364. The van der Waals surface area contributed by atoms with Gasteiger partial charge in [-0.25, -0.2) is 0 Å². The second-order valence-corrected chi connectivity index (χ2v) is 7.35. The third kappa shape index (κ3) is 2.65. The zero-order valence-corrected chi connectivity index (χ0v) is 14.7. The van der Waals surface area contributed by atoms with Crippen LogP contribution in [0.25, 0.3) is 0 Å². The molecule has 0 aromatic heterocycles. The molecule has 4 heteroatoms. The van der Waals surface area contributed by atoms with Gasteiger partial charge in [0.25, 0.3) is 0 Å². The molecule has 1 spiro atoms. The Hall–Kier alpha value is -2.46. The average molecular weight is 349 g/mol. The molecule has 1 saturated heterocycles. The van der Waals surface area contributed by atoms with E-state index >= 15 is 0 Å². The molecule has 1 aliphatic heterocycles. The molecular weight excluding hydrogens is 326 g/mol. The van der Waals surface area contributed by atoms with Gasteiger partial charge in [-0.15, -0.1) is 0 Å². The predicted octanol–water partition coefficient (Wildman–Crippen LogP) is 3.26. The van der Waals surface area contributed by atoms with E-state index in [2.05, 4.69) is 0 Å². The van der Waals surface area contributed by atoms with Crippen molar-refractivity contribution in [3.63, 3.8) is 0 Å². The predicted molar refractivity (Wildman–Crippen MR) is 98.1 cm³/mol. The van der Waals surface area contributed by atoms with E-state index in [0.29, 0.717) is 25.8 Å². The van der Waals surface area contributed by atoms with Crippen LogP contribution in [-0.2, 0) is 16.1 Å². The van der Waals surface area contributed by atoms with Gasteiger partial charge in [-0.2, -0.15) is 0 Å². The number of ketones is 1. The molecule has 4 nitrogen and oxygen atoms in total. The van der Waals surface area contributed by atoms with Crippen molar-refractivity contribution in [2.75, 3.05) is 0 Å². The van der Waals surface area contributed by atoms with Crippen LogP contribution in [0.5, 0.6) is 0 Å². The molecule has 4 rings (SSSR count). The number of Topliss-reactive ketones (excluding diaryl/α,β-unsaturated/α-hetero) is 1. The molecule has 0 unspecified atom stereocenters. The first kappa shape index (κ1) is 17.0. The summed E-state index contributed by atoms with van der Waals surface area (Å²) in [6.07, 6.45) is 1.27. The maximum atomic E-state index is 13.5. The summed E-state index contributed by atoms with van der Waals surface area (Å²) in [5.41, 5.74) is 0.906. The molecule has 3 atom stereocenters. The maximum Gasteiger partial charge on any atom is 0.239 e. The molecule has 0 bridgehead atoms. The minimum Gasteiger partial charge on any atom is -0.373 e. The standard InChI is InChI=1S/C22H23NO3/c24-19-12-7-13-22(19)18(17-10-5-2-6-11-17)14-20(25)23(21(22)26)15-16-8-3-1-4-9-16/h1-6,8-11,18,20,25H,7,12-15H2/t18-,20-,22+/m1/s1. The molecule has 2 aromatic rings. The second-order valence-electron chi connectivity index (χ2n) is 7.35. The summed E-state index contributed by atoms with van der Waals surface area (Å²) in [6.45, 7) is 0.331. The summed E-state index contributed by atoms with van der Waals surface area (Å²) in [6, 6.07) is 19.3. The lowest BCUT2D eigenvalue weighted by molar-refractivity contribution is -0.169. The Bertz CT molecular complexity index is 805. The van der Waals surface area contributed by atoms with Crippen molar-refractivity contribution in [1.29, 1.82) is 0 Å². The van der Waals surface area contributed by atoms with Crippen LogP contribution in [0.15, 0.2) is 60.7 Å². The number of rotatable bonds is 3. The number of aliphatic hydroxyl groups excluding tert-OH is 1. The lowest BCUT2D eigenvalue weighted by atomic mass is 9.65. The first-order valence-corrected chi connectivity index (χ1v) is 9.24. The van der Waals surface area contributed by atoms with Gasteiger partial charge in [-0.1, -0.05) is 60.7 Å². The highest BCUT2D eigenvalue weighted by atomic mass is 16.3. The lowest BCUT2D eigenvalue weighted by Gasteiger charge is -2.47. The Morgan fingerprint density at radius 2 is 1.65 bits per heavy atom. The van der Waals surface area contributed by atoms with E-state index in [1.165, 1.54) is 4.90 Å². The second kappa shape index (κ2) is 6.69. The van der Waals surface area contributed by atoms with E-state index in [1.807, 2.05) is 60.7 Å². The summed E-state index contributed by atoms with van der Waals surface area (Å²) in [5, 5.41) is 10.8. The van der Waals surface area contributed by atoms with E-state index in [0.717, 1.165) is 17.5 Å². The fourth-order valence-electron chi connectivity index (χ4n) is 4.63. The highest BCUT2D eigenvalue weighted by Gasteiger charge is 2.59. The quantitative estimate of drug-likeness (QED) is 0.866. The van der Waals surface area contributed by atoms with Gasteiger partial charge in [-0.05, 0) is 24.0 Å². The fourth-order valence-corrected chi connectivity index (χ4v) is 4.63. The summed E-state index contributed by atoms with van der Waals surface area (Å²) in [4.78, 5) is 27.9. The summed E-state index contributed by atoms with van der Waals surface area (Å²) < 4.78 is 0. The third-order valence-corrected chi connectivity index (χ3v) is 5.91. The molecule has 26 heavy (non-hydrogen) atoms. The van der Waals surface area contributed by atoms with E-state index in [9.17, 15) is 14.7 Å². The highest BCUT2D eigenvalue weighted by Crippen LogP contribution is 2.53. The van der Waals surface area contributed by atoms with Gasteiger partial charge in [0.1, 0.15) is 17.4 Å². The summed E-state index contributed by atoms with van der Waals surface area (Å²) in [7, 11) is 0. The Balaban J connectivity index is 1.73. The zero-order valence-electron chi connectivity index (χ0n) is 14.7. The molecule has 2 aromatic carbocycles. The Morgan fingerprint density at radius 3 is 2.27 bits per heavy atom. The molecule has 134 valence electrons. The number of carbonyl (C=O) groups is 2. The van der Waals surface area contributed by atoms with E-state index in [1.54, 1.807) is 0 Å². The van der Waals surface area contributed by atoms with Gasteiger partial charge in [0.2, 0.25) is 5.91 Å². The normalized spacial score (nSPS) is 28.7. The van der Waals surface area contributed by atoms with Crippen LogP contribution in [0.4, 0.5) is 0 Å². The molecule has 1 aliphatic carbocycles. The summed E-state index contributed by atoms with van der Waals surface area (Å²) >= 11 is 0. The molecule has 2 fully saturated rings. The van der Waals surface area contributed by atoms with Crippen LogP contribution < -0.4 is 0 Å². The topological polar surface area (TPSA) is 57.6 Å². The Kier molecular flexibility index (Phi) is 4.37. The number of likely N-dealkylation sites (tertiary alicyclic amines) is 1. The van der Waals surface area contributed by atoms with Gasteiger partial charge in [-0.3, -0.25) is 9.59 Å². The van der Waals surface area contributed by atoms with Crippen molar-refractivity contribution in [1.82, 2.24) is 4.90 Å². The van der Waals surface area contributed by atoms with Crippen LogP contribution >= 0.6 is 0 Å². The first-order valence-electron chi connectivity index (χ1n) is 9.24. The van der Waals surface area contributed by atoms with E-state index < -0.39 is 11.6 Å². The molecule has 1 heterocycles. The first-order chi connectivity index (χ1) is 12.6. The number of hydrogen-bond acceptors (Lipinski definition) is 3. The number of benzene rings is 2. The van der Waals surface area contributed by atoms with Crippen molar-refractivity contribution in [2.45, 2.75) is 44.4 Å². The maximum absolute atomic E-state index is 13.5. The lowest BCUT2D eigenvalue weighted by Crippen LogP contribution is -2.58. The molecule has 1 N–H and O–H groups in total. The highest BCUT2D eigenvalue weighted by molar-refractivity contribution is 6.09. The van der Waals surface area contributed by atoms with Crippen molar-refractivity contribution in [3.05, 3.63) is 71.8 Å². The number of hydrogen-bond donors (Lipinski definition) is 1. The summed E-state index contributed by atoms with van der Waals surface area (Å²) in [5.74, 6) is -0.439. The van der Waals surface area contributed by atoms with Crippen molar-refractivity contribution >= 4 is 11.7 Å². The van der Waals surface area contributed by atoms with E-state index in [4.69, 9.17) is 0 Å². The number of aliphatic hydroxyl groups is 1. The Morgan fingerprint density at radius 1 is 1.00 bits per heavy atom. The van der Waals surface area contributed by atoms with Crippen LogP contribution in [0.2, 0.25) is 0 Å². The zero-order chi connectivity index (χ0) is 18.1.